The predicted molar refractivity (Wildman–Crippen MR) is 502 cm³/mol. The average molecular weight is 1890 g/mol. The predicted octanol–water partition coefficient (Wildman–Crippen LogP) is 14.3. The van der Waals surface area contributed by atoms with E-state index in [4.69, 9.17) is 44.4 Å². The third-order valence-electron chi connectivity index (χ3n) is 17.3. The van der Waals surface area contributed by atoms with Gasteiger partial charge in [0.1, 0.15) is 33.6 Å². The van der Waals surface area contributed by atoms with Crippen LogP contribution in [0.5, 0.6) is 0 Å². The van der Waals surface area contributed by atoms with Crippen LogP contribution in [0, 0.1) is 0 Å². The van der Waals surface area contributed by atoms with E-state index >= 15 is 0 Å². The van der Waals surface area contributed by atoms with Crippen LogP contribution in [0.2, 0.25) is 0 Å². The van der Waals surface area contributed by atoms with Crippen LogP contribution in [0.15, 0.2) is 109 Å². The first-order valence-electron chi connectivity index (χ1n) is 42.8. The number of carbonyl (C=O) groups excluding carboxylic acids is 16. The van der Waals surface area contributed by atoms with Crippen LogP contribution in [0.25, 0.3) is 0 Å². The highest BCUT2D eigenvalue weighted by Gasteiger charge is 2.31. The van der Waals surface area contributed by atoms with E-state index in [1.165, 1.54) is 127 Å². The third-order valence-corrected chi connectivity index (χ3v) is 17.3. The van der Waals surface area contributed by atoms with Crippen LogP contribution in [-0.4, -0.2) is 283 Å². The summed E-state index contributed by atoms with van der Waals surface area (Å²) in [5.41, 5.74) is 3.23. The molecule has 0 fully saturated rings. The smallest absolute Gasteiger partial charge is 0.338 e. The number of aromatic carboxylic acids is 2. The molecule has 0 aromatic heterocycles. The summed E-state index contributed by atoms with van der Waals surface area (Å²) in [7, 11) is 13.1. The van der Waals surface area contributed by atoms with Gasteiger partial charge in [-0.1, -0.05) is 0 Å². The molecule has 0 unspecified atom stereocenters. The molecule has 0 atom stereocenters. The number of carboxylic acid groups (broad SMARTS) is 2. The van der Waals surface area contributed by atoms with Gasteiger partial charge in [-0.15, -0.1) is 0 Å². The standard InChI is InChI=1S/C21H32N2O4.2C17H24N2O4.C15H19NO5.C15H18O6.C14H16O6/c1-8-22(9-2)18(24)15-12-16(19(25)23(10-3)11-4)14-17(13-15)20(26)27-21(5,6)7;1-17(2,3)23-16(22)13-9-11(14(20)18(4)5)8-12(10-13)15(21)19(6)7;1-6-19(7-2)15(21)12-8-11(14(18)20)9-13(10-12)16(22)23-17(3,4)5;1-15(2,3)21-14(20)11-7-9(12(17)16(4)5)6-10(8-11)13(18)19;1-15(2,3)21-14(18)11-7-9(12(16)19-4)6-10(8-11)13(17)20-5;1-14(2,3)20-13(18)10-6-8(11(15)16)5-9(7-10)12(17)19-4/h12-14H,8-11H2,1-7H3;8-10H,1-7H3;8-10H,6-7H2,1-5H3,(H2,18,20);6-8H,1-5H3,(H,18,19);6-8H,1-5H3;5-7H,1-4H3,(H,15,16). The van der Waals surface area contributed by atoms with Crippen molar-refractivity contribution in [3.63, 3.8) is 0 Å². The van der Waals surface area contributed by atoms with Gasteiger partial charge in [0.05, 0.1) is 82.5 Å². The van der Waals surface area contributed by atoms with Gasteiger partial charge in [0.2, 0.25) is 5.91 Å². The molecule has 0 aliphatic rings. The van der Waals surface area contributed by atoms with Crippen LogP contribution in [0.4, 0.5) is 0 Å². The molecule has 0 bridgehead atoms. The number of esters is 9. The Kier molecular flexibility index (Phi) is 45.5. The highest BCUT2D eigenvalue weighted by Crippen LogP contribution is 2.26. The van der Waals surface area contributed by atoms with Crippen LogP contribution in [0.1, 0.15) is 353 Å². The molecule has 0 aliphatic carbocycles. The second-order valence-electron chi connectivity index (χ2n) is 36.3. The lowest BCUT2D eigenvalue weighted by Crippen LogP contribution is -2.33. The van der Waals surface area contributed by atoms with E-state index in [2.05, 4.69) is 14.2 Å². The topological polar surface area (TPSA) is 476 Å². The van der Waals surface area contributed by atoms with E-state index in [0.29, 0.717) is 50.4 Å². The Labute approximate surface area is 789 Å². The van der Waals surface area contributed by atoms with Crippen molar-refractivity contribution in [2.24, 2.45) is 5.73 Å². The van der Waals surface area contributed by atoms with Crippen molar-refractivity contribution in [2.75, 3.05) is 103 Å². The molecule has 0 aliphatic heterocycles. The summed E-state index contributed by atoms with van der Waals surface area (Å²) in [6.07, 6.45) is 0. The van der Waals surface area contributed by atoms with Crippen molar-refractivity contribution < 1.29 is 139 Å². The first kappa shape index (κ1) is 119. The molecule has 36 nitrogen and oxygen atoms in total. The fourth-order valence-corrected chi connectivity index (χ4v) is 11.2. The van der Waals surface area contributed by atoms with Crippen molar-refractivity contribution in [3.05, 3.63) is 209 Å². The van der Waals surface area contributed by atoms with Gasteiger partial charge in [-0.05, 0) is 275 Å². The summed E-state index contributed by atoms with van der Waals surface area (Å²) in [4.78, 5) is 225. The molecule has 0 heterocycles. The Morgan fingerprint density at radius 1 is 0.222 bits per heavy atom. The zero-order valence-corrected chi connectivity index (χ0v) is 83.8. The van der Waals surface area contributed by atoms with E-state index in [1.807, 2.05) is 41.5 Å². The van der Waals surface area contributed by atoms with Gasteiger partial charge in [0, 0.05) is 120 Å². The number of nitrogens with two attached hydrogens (primary N) is 1. The zero-order valence-electron chi connectivity index (χ0n) is 83.8. The third kappa shape index (κ3) is 40.8. The molecule has 738 valence electrons. The van der Waals surface area contributed by atoms with Gasteiger partial charge >= 0.3 is 65.7 Å². The van der Waals surface area contributed by atoms with E-state index in [0.717, 1.165) is 12.1 Å². The van der Waals surface area contributed by atoms with E-state index in [-0.39, 0.29) is 124 Å². The average Bonchev–Trinajstić information content (AvgIpc) is 0.828. The molecular weight excluding hydrogens is 1750 g/mol. The van der Waals surface area contributed by atoms with Gasteiger partial charge in [-0.2, -0.15) is 0 Å². The van der Waals surface area contributed by atoms with Crippen molar-refractivity contribution in [2.45, 2.75) is 200 Å². The number of amides is 7. The Morgan fingerprint density at radius 2 is 0.348 bits per heavy atom. The molecule has 0 saturated carbocycles. The minimum atomic E-state index is -1.25. The van der Waals surface area contributed by atoms with E-state index in [9.17, 15) is 86.3 Å². The molecule has 0 radical (unpaired) electrons. The van der Waals surface area contributed by atoms with Crippen molar-refractivity contribution in [3.8, 4) is 0 Å². The number of ether oxygens (including phenoxy) is 9. The highest BCUT2D eigenvalue weighted by molar-refractivity contribution is 6.08. The summed E-state index contributed by atoms with van der Waals surface area (Å²) in [5.74, 6) is -10.6. The first-order chi connectivity index (χ1) is 61.9. The number of nitrogens with zero attached hydrogens (tertiary/aromatic N) is 6. The lowest BCUT2D eigenvalue weighted by Gasteiger charge is -2.23. The maximum atomic E-state index is 12.8. The summed E-state index contributed by atoms with van der Waals surface area (Å²) in [6.45, 7) is 45.7. The molecule has 6 rings (SSSR count). The molecule has 135 heavy (non-hydrogen) atoms. The Morgan fingerprint density at radius 3 is 0.489 bits per heavy atom. The second-order valence-corrected chi connectivity index (χ2v) is 36.3. The van der Waals surface area contributed by atoms with Crippen LogP contribution < -0.4 is 5.73 Å². The lowest BCUT2D eigenvalue weighted by molar-refractivity contribution is 0.00566. The summed E-state index contributed by atoms with van der Waals surface area (Å²) in [6, 6.07) is 24.4. The van der Waals surface area contributed by atoms with Crippen LogP contribution >= 0.6 is 0 Å². The molecule has 4 N–H and O–H groups in total. The normalized spacial score (nSPS) is 10.9. The molecule has 0 saturated heterocycles. The molecule has 36 heteroatoms. The minimum Gasteiger partial charge on any atom is -0.478 e. The molecular formula is C99H133N7O29. The zero-order chi connectivity index (χ0) is 105. The summed E-state index contributed by atoms with van der Waals surface area (Å²) >= 11 is 0. The van der Waals surface area contributed by atoms with Crippen molar-refractivity contribution >= 4 is 107 Å². The minimum absolute atomic E-state index is 0.0137. The number of rotatable bonds is 24. The fourth-order valence-electron chi connectivity index (χ4n) is 11.2. The number of primary amides is 1. The number of hydrogen-bond donors (Lipinski definition) is 3. The number of carboxylic acids is 2. The van der Waals surface area contributed by atoms with Crippen molar-refractivity contribution in [1.82, 2.24) is 29.4 Å². The molecule has 6 aromatic carbocycles. The largest absolute Gasteiger partial charge is 0.478 e. The van der Waals surface area contributed by atoms with Crippen molar-refractivity contribution in [1.29, 1.82) is 0 Å². The Hall–Kier alpha value is -14.2. The molecule has 6 aromatic rings. The second kappa shape index (κ2) is 51.7. The Balaban J connectivity index is 0.000000812. The number of carbonyl (C=O) groups is 18. The van der Waals surface area contributed by atoms with Crippen LogP contribution in [0.3, 0.4) is 0 Å². The summed E-state index contributed by atoms with van der Waals surface area (Å²) in [5, 5.41) is 18.1. The van der Waals surface area contributed by atoms with Crippen LogP contribution in [-0.2, 0) is 42.6 Å². The fraction of sp³-hybridized carbons (Fsp3) is 0.455. The van der Waals surface area contributed by atoms with Gasteiger partial charge in [-0.3, -0.25) is 33.6 Å². The maximum absolute atomic E-state index is 12.8. The number of benzene rings is 6. The molecule has 0 spiro atoms. The number of methoxy groups -OCH3 is 3. The Bertz CT molecular complexity index is 5180. The first-order valence-corrected chi connectivity index (χ1v) is 42.8. The van der Waals surface area contributed by atoms with Gasteiger partial charge in [0.15, 0.2) is 0 Å². The number of hydrogen-bond acceptors (Lipinski definition) is 27. The SMILES string of the molecule is CCN(CC)C(=O)c1cc(C(=O)OC(C)(C)C)cc(C(=O)N(CC)CC)c1.CCN(CC)C(=O)c1cc(C(N)=O)cc(C(=O)OC(C)(C)C)c1.CN(C)C(=O)c1cc(C(=O)O)cc(C(=O)OC(C)(C)C)c1.CN(C)C(=O)c1cc(C(=O)OC(C)(C)C)cc(C(=O)N(C)C)c1.COC(=O)c1cc(C(=O)O)cc(C(=O)OC(C)(C)C)c1.COC(=O)c1cc(C(=O)OC)cc(C(=O)OC(C)(C)C)c1. The quantitative estimate of drug-likeness (QED) is 0.0374. The van der Waals surface area contributed by atoms with Gasteiger partial charge in [-0.25, -0.2) is 52.7 Å². The highest BCUT2D eigenvalue weighted by atomic mass is 16.6. The maximum Gasteiger partial charge on any atom is 0.338 e. The molecule has 7 amide bonds. The van der Waals surface area contributed by atoms with E-state index < -0.39 is 105 Å². The van der Waals surface area contributed by atoms with E-state index in [1.54, 1.807) is 188 Å². The van der Waals surface area contributed by atoms with Gasteiger partial charge < -0.3 is 88.0 Å². The monoisotopic (exact) mass is 1880 g/mol. The summed E-state index contributed by atoms with van der Waals surface area (Å²) < 4.78 is 45.3. The lowest BCUT2D eigenvalue weighted by atomic mass is 10.0. The van der Waals surface area contributed by atoms with Gasteiger partial charge in [0.25, 0.3) is 35.4 Å².